The Bertz CT molecular complexity index is 688. The van der Waals surface area contributed by atoms with Gasteiger partial charge < -0.3 is 15.5 Å². The maximum absolute atomic E-state index is 13.3. The summed E-state index contributed by atoms with van der Waals surface area (Å²) in [5.74, 6) is 1.16. The van der Waals surface area contributed by atoms with Gasteiger partial charge in [0.25, 0.3) is 0 Å². The lowest BCUT2D eigenvalue weighted by atomic mass is 10.1. The molecule has 6 nitrogen and oxygen atoms in total. The number of aliphatic imine (C=N–C) groups is 1. The summed E-state index contributed by atoms with van der Waals surface area (Å²) in [4.78, 5) is 21.5. The van der Waals surface area contributed by atoms with Gasteiger partial charge in [0.2, 0.25) is 5.91 Å². The fourth-order valence-corrected chi connectivity index (χ4v) is 4.10. The van der Waals surface area contributed by atoms with Gasteiger partial charge in [-0.05, 0) is 37.5 Å². The zero-order valence-electron chi connectivity index (χ0n) is 17.9. The summed E-state index contributed by atoms with van der Waals surface area (Å²) in [6, 6.07) is 6.54. The standard InChI is InChI=1S/C22H34FN5O.HI/c1-2-24-22(26-17-18-6-5-9-20(23)16-18)25-10-11-27-12-14-28(15-13-27)21(29)19-7-3-4-8-19;/h5-6,9,16,19H,2-4,7-8,10-15,17H2,1H3,(H2,24,25,26);1H. The van der Waals surface area contributed by atoms with E-state index in [9.17, 15) is 9.18 Å². The largest absolute Gasteiger partial charge is 0.357 e. The van der Waals surface area contributed by atoms with Crippen LogP contribution in [0.2, 0.25) is 0 Å². The molecular formula is C22H35FIN5O. The highest BCUT2D eigenvalue weighted by atomic mass is 127. The Hall–Kier alpha value is -1.42. The first-order valence-corrected chi connectivity index (χ1v) is 10.9. The molecule has 1 aromatic carbocycles. The number of benzene rings is 1. The molecular weight excluding hydrogens is 496 g/mol. The minimum Gasteiger partial charge on any atom is -0.357 e. The number of guanidine groups is 1. The highest BCUT2D eigenvalue weighted by Gasteiger charge is 2.29. The molecule has 0 unspecified atom stereocenters. The fourth-order valence-electron chi connectivity index (χ4n) is 4.10. The van der Waals surface area contributed by atoms with Gasteiger partial charge in [-0.1, -0.05) is 25.0 Å². The number of piperazine rings is 1. The lowest BCUT2D eigenvalue weighted by Gasteiger charge is -2.36. The molecule has 2 fully saturated rings. The van der Waals surface area contributed by atoms with Crippen molar-refractivity contribution in [3.8, 4) is 0 Å². The third kappa shape index (κ3) is 7.68. The zero-order valence-corrected chi connectivity index (χ0v) is 20.2. The van der Waals surface area contributed by atoms with Crippen molar-refractivity contribution in [3.05, 3.63) is 35.6 Å². The maximum Gasteiger partial charge on any atom is 0.225 e. The number of amides is 1. The maximum atomic E-state index is 13.3. The van der Waals surface area contributed by atoms with E-state index in [1.54, 1.807) is 6.07 Å². The minimum absolute atomic E-state index is 0. The van der Waals surface area contributed by atoms with Crippen LogP contribution in [-0.4, -0.2) is 67.5 Å². The van der Waals surface area contributed by atoms with Crippen molar-refractivity contribution < 1.29 is 9.18 Å². The highest BCUT2D eigenvalue weighted by molar-refractivity contribution is 14.0. The summed E-state index contributed by atoms with van der Waals surface area (Å²) in [7, 11) is 0. The number of carbonyl (C=O) groups is 1. The van der Waals surface area contributed by atoms with Crippen LogP contribution in [0.25, 0.3) is 0 Å². The molecule has 0 radical (unpaired) electrons. The highest BCUT2D eigenvalue weighted by Crippen LogP contribution is 2.26. The SMILES string of the molecule is CCNC(=NCc1cccc(F)c1)NCCN1CCN(C(=O)C2CCCC2)CC1.I. The molecule has 2 N–H and O–H groups in total. The predicted molar refractivity (Wildman–Crippen MR) is 130 cm³/mol. The molecule has 1 heterocycles. The number of hydrogen-bond donors (Lipinski definition) is 2. The molecule has 3 rings (SSSR count). The first kappa shape index (κ1) is 24.8. The van der Waals surface area contributed by atoms with Crippen LogP contribution < -0.4 is 10.6 Å². The van der Waals surface area contributed by atoms with Crippen molar-refractivity contribution in [2.75, 3.05) is 45.8 Å². The van der Waals surface area contributed by atoms with Crippen molar-refractivity contribution in [2.24, 2.45) is 10.9 Å². The molecule has 1 saturated heterocycles. The van der Waals surface area contributed by atoms with Crippen LogP contribution in [0.3, 0.4) is 0 Å². The number of rotatable bonds is 7. The van der Waals surface area contributed by atoms with Gasteiger partial charge in [0.1, 0.15) is 5.82 Å². The molecule has 168 valence electrons. The molecule has 0 aromatic heterocycles. The monoisotopic (exact) mass is 531 g/mol. The molecule has 0 atom stereocenters. The van der Waals surface area contributed by atoms with Crippen molar-refractivity contribution in [1.29, 1.82) is 0 Å². The summed E-state index contributed by atoms with van der Waals surface area (Å²) < 4.78 is 13.3. The molecule has 1 aliphatic heterocycles. The Kier molecular flexibility index (Phi) is 10.8. The number of hydrogen-bond acceptors (Lipinski definition) is 3. The topological polar surface area (TPSA) is 60.0 Å². The second-order valence-corrected chi connectivity index (χ2v) is 7.90. The van der Waals surface area contributed by atoms with Crippen LogP contribution in [0.15, 0.2) is 29.3 Å². The minimum atomic E-state index is -0.235. The average Bonchev–Trinajstić information content (AvgIpc) is 3.27. The summed E-state index contributed by atoms with van der Waals surface area (Å²) in [5, 5.41) is 6.59. The normalized spacial score (nSPS) is 18.2. The van der Waals surface area contributed by atoms with E-state index in [1.807, 2.05) is 13.0 Å². The van der Waals surface area contributed by atoms with Crippen molar-refractivity contribution in [3.63, 3.8) is 0 Å². The zero-order chi connectivity index (χ0) is 20.5. The van der Waals surface area contributed by atoms with Crippen LogP contribution in [0, 0.1) is 11.7 Å². The van der Waals surface area contributed by atoms with Gasteiger partial charge in [-0.3, -0.25) is 9.69 Å². The Morgan fingerprint density at radius 3 is 2.57 bits per heavy atom. The first-order chi connectivity index (χ1) is 14.2. The molecule has 1 aliphatic carbocycles. The van der Waals surface area contributed by atoms with E-state index in [0.29, 0.717) is 12.5 Å². The molecule has 8 heteroatoms. The van der Waals surface area contributed by atoms with Crippen LogP contribution >= 0.6 is 24.0 Å². The first-order valence-electron chi connectivity index (χ1n) is 10.9. The Labute approximate surface area is 196 Å². The van der Waals surface area contributed by atoms with Crippen LogP contribution in [-0.2, 0) is 11.3 Å². The van der Waals surface area contributed by atoms with Gasteiger partial charge >= 0.3 is 0 Å². The van der Waals surface area contributed by atoms with Crippen molar-refractivity contribution >= 4 is 35.8 Å². The molecule has 2 aliphatic rings. The molecule has 1 aromatic rings. The van der Waals surface area contributed by atoms with Gasteiger partial charge in [0, 0.05) is 51.7 Å². The second-order valence-electron chi connectivity index (χ2n) is 7.90. The van der Waals surface area contributed by atoms with Gasteiger partial charge in [0.15, 0.2) is 5.96 Å². The summed E-state index contributed by atoms with van der Waals surface area (Å²) in [6.45, 7) is 8.47. The Morgan fingerprint density at radius 2 is 1.90 bits per heavy atom. The predicted octanol–water partition coefficient (Wildman–Crippen LogP) is 2.83. The van der Waals surface area contributed by atoms with E-state index >= 15 is 0 Å². The van der Waals surface area contributed by atoms with Crippen LogP contribution in [0.4, 0.5) is 4.39 Å². The molecule has 0 bridgehead atoms. The van der Waals surface area contributed by atoms with E-state index in [2.05, 4.69) is 25.4 Å². The van der Waals surface area contributed by atoms with Gasteiger partial charge in [-0.2, -0.15) is 0 Å². The molecule has 1 saturated carbocycles. The van der Waals surface area contributed by atoms with Crippen LogP contribution in [0.1, 0.15) is 38.2 Å². The van der Waals surface area contributed by atoms with Crippen molar-refractivity contribution in [1.82, 2.24) is 20.4 Å². The number of nitrogens with one attached hydrogen (secondary N) is 2. The van der Waals surface area contributed by atoms with E-state index in [4.69, 9.17) is 0 Å². The lowest BCUT2D eigenvalue weighted by Crippen LogP contribution is -2.51. The average molecular weight is 531 g/mol. The molecule has 30 heavy (non-hydrogen) atoms. The summed E-state index contributed by atoms with van der Waals surface area (Å²) >= 11 is 0. The van der Waals surface area contributed by atoms with Gasteiger partial charge in [-0.25, -0.2) is 9.38 Å². The number of halogens is 2. The van der Waals surface area contributed by atoms with E-state index in [-0.39, 0.29) is 35.7 Å². The van der Waals surface area contributed by atoms with Gasteiger partial charge in [-0.15, -0.1) is 24.0 Å². The quantitative estimate of drug-likeness (QED) is 0.323. The lowest BCUT2D eigenvalue weighted by molar-refractivity contribution is -0.137. The molecule has 1 amide bonds. The number of nitrogens with zero attached hydrogens (tertiary/aromatic N) is 3. The Balaban J connectivity index is 0.00000320. The smallest absolute Gasteiger partial charge is 0.225 e. The summed E-state index contributed by atoms with van der Waals surface area (Å²) in [6.07, 6.45) is 4.56. The van der Waals surface area contributed by atoms with Crippen LogP contribution in [0.5, 0.6) is 0 Å². The van der Waals surface area contributed by atoms with E-state index in [1.165, 1.54) is 25.0 Å². The Morgan fingerprint density at radius 1 is 1.17 bits per heavy atom. The third-order valence-electron chi connectivity index (χ3n) is 5.76. The van der Waals surface area contributed by atoms with E-state index < -0.39 is 0 Å². The molecule has 0 spiro atoms. The summed E-state index contributed by atoms with van der Waals surface area (Å²) in [5.41, 5.74) is 0.852. The van der Waals surface area contributed by atoms with Crippen molar-refractivity contribution in [2.45, 2.75) is 39.2 Å². The van der Waals surface area contributed by atoms with Gasteiger partial charge in [0.05, 0.1) is 6.54 Å². The van der Waals surface area contributed by atoms with E-state index in [0.717, 1.165) is 70.2 Å². The number of carbonyl (C=O) groups excluding carboxylic acids is 1. The fraction of sp³-hybridized carbons (Fsp3) is 0.636. The second kappa shape index (κ2) is 13.1. The third-order valence-corrected chi connectivity index (χ3v) is 5.76.